The summed E-state index contributed by atoms with van der Waals surface area (Å²) in [6.45, 7) is 0. The maximum Gasteiger partial charge on any atom is 0.345 e. The predicted octanol–water partition coefficient (Wildman–Crippen LogP) is 6.31. The molecule has 0 heterocycles. The van der Waals surface area contributed by atoms with E-state index in [0.717, 1.165) is 5.69 Å². The number of hydrogen-bond acceptors (Lipinski definition) is 6. The van der Waals surface area contributed by atoms with Crippen molar-refractivity contribution in [1.29, 1.82) is 0 Å². The Labute approximate surface area is 256 Å². The molecular weight excluding hydrogens is 620 g/mol. The highest BCUT2D eigenvalue weighted by molar-refractivity contribution is 9.10. The standard InChI is InChI=1S/C32H26BrClN4O4/c1-38(2)25-15-12-21(13-16-25)18-28(36-30(39)22-8-4-3-5-9-22)31(40)37-35-20-23-19-24(33)14-17-29(23)42-32(41)26-10-6-7-11-27(26)34/h3-20H,1-2H3,(H,36,39)(H,37,40). The highest BCUT2D eigenvalue weighted by Gasteiger charge is 2.16. The van der Waals surface area contributed by atoms with Gasteiger partial charge in [0, 0.05) is 35.4 Å². The van der Waals surface area contributed by atoms with Crippen molar-refractivity contribution in [1.82, 2.24) is 10.7 Å². The van der Waals surface area contributed by atoms with Crippen LogP contribution in [0, 0.1) is 0 Å². The van der Waals surface area contributed by atoms with E-state index < -0.39 is 17.8 Å². The van der Waals surface area contributed by atoms with Crippen LogP contribution in [-0.4, -0.2) is 38.1 Å². The molecule has 0 aliphatic carbocycles. The molecule has 10 heteroatoms. The highest BCUT2D eigenvalue weighted by Crippen LogP contribution is 2.24. The second-order valence-electron chi connectivity index (χ2n) is 9.11. The zero-order valence-electron chi connectivity index (χ0n) is 22.7. The lowest BCUT2D eigenvalue weighted by molar-refractivity contribution is -0.117. The first-order valence-corrected chi connectivity index (χ1v) is 13.8. The average Bonchev–Trinajstić information content (AvgIpc) is 2.99. The van der Waals surface area contributed by atoms with E-state index in [1.54, 1.807) is 78.9 Å². The minimum absolute atomic E-state index is 0.0155. The fraction of sp³-hybridized carbons (Fsp3) is 0.0625. The van der Waals surface area contributed by atoms with Crippen molar-refractivity contribution >= 4 is 63.3 Å². The zero-order chi connectivity index (χ0) is 30.1. The molecule has 4 rings (SSSR count). The van der Waals surface area contributed by atoms with Crippen molar-refractivity contribution in [3.8, 4) is 5.75 Å². The molecule has 4 aromatic rings. The van der Waals surface area contributed by atoms with Gasteiger partial charge in [-0.3, -0.25) is 9.59 Å². The number of carbonyl (C=O) groups excluding carboxylic acids is 3. The van der Waals surface area contributed by atoms with Crippen LogP contribution in [-0.2, 0) is 4.79 Å². The summed E-state index contributed by atoms with van der Waals surface area (Å²) in [5.41, 5.74) is 5.11. The topological polar surface area (TPSA) is 100 Å². The molecule has 212 valence electrons. The van der Waals surface area contributed by atoms with Crippen LogP contribution in [0.15, 0.2) is 112 Å². The third-order valence-corrected chi connectivity index (χ3v) is 6.71. The van der Waals surface area contributed by atoms with Gasteiger partial charge in [-0.1, -0.05) is 70.0 Å². The Morgan fingerprint density at radius 3 is 2.29 bits per heavy atom. The second kappa shape index (κ2) is 14.2. The van der Waals surface area contributed by atoms with Crippen molar-refractivity contribution < 1.29 is 19.1 Å². The number of ether oxygens (including phenoxy) is 1. The van der Waals surface area contributed by atoms with Gasteiger partial charge in [0.2, 0.25) is 0 Å². The summed E-state index contributed by atoms with van der Waals surface area (Å²) >= 11 is 9.53. The lowest BCUT2D eigenvalue weighted by atomic mass is 10.1. The molecule has 0 spiro atoms. The number of anilines is 1. The molecule has 0 radical (unpaired) electrons. The van der Waals surface area contributed by atoms with Crippen LogP contribution >= 0.6 is 27.5 Å². The molecule has 8 nitrogen and oxygen atoms in total. The maximum absolute atomic E-state index is 13.2. The SMILES string of the molecule is CN(C)c1ccc(C=C(NC(=O)c2ccccc2)C(=O)NN=Cc2cc(Br)ccc2OC(=O)c2ccccc2Cl)cc1. The molecule has 4 aromatic carbocycles. The van der Waals surface area contributed by atoms with E-state index in [1.807, 2.05) is 43.3 Å². The van der Waals surface area contributed by atoms with Crippen molar-refractivity contribution in [2.75, 3.05) is 19.0 Å². The monoisotopic (exact) mass is 644 g/mol. The van der Waals surface area contributed by atoms with E-state index >= 15 is 0 Å². The maximum atomic E-state index is 13.2. The van der Waals surface area contributed by atoms with E-state index in [1.165, 1.54) is 6.21 Å². The second-order valence-corrected chi connectivity index (χ2v) is 10.4. The van der Waals surface area contributed by atoms with E-state index in [0.29, 0.717) is 21.2 Å². The number of amides is 2. The summed E-state index contributed by atoms with van der Waals surface area (Å²) < 4.78 is 6.26. The van der Waals surface area contributed by atoms with Gasteiger partial charge >= 0.3 is 5.97 Å². The lowest BCUT2D eigenvalue weighted by Crippen LogP contribution is -2.32. The van der Waals surface area contributed by atoms with Crippen LogP contribution in [0.3, 0.4) is 0 Å². The first-order valence-electron chi connectivity index (χ1n) is 12.7. The Morgan fingerprint density at radius 1 is 0.905 bits per heavy atom. The van der Waals surface area contributed by atoms with Gasteiger partial charge in [-0.15, -0.1) is 0 Å². The zero-order valence-corrected chi connectivity index (χ0v) is 25.0. The Bertz CT molecular complexity index is 1660. The fourth-order valence-corrected chi connectivity index (χ4v) is 4.28. The summed E-state index contributed by atoms with van der Waals surface area (Å²) in [5.74, 6) is -1.55. The van der Waals surface area contributed by atoms with Gasteiger partial charge in [-0.25, -0.2) is 10.2 Å². The fourth-order valence-electron chi connectivity index (χ4n) is 3.69. The summed E-state index contributed by atoms with van der Waals surface area (Å²) in [5, 5.41) is 6.99. The van der Waals surface area contributed by atoms with Crippen LogP contribution in [0.4, 0.5) is 5.69 Å². The molecule has 2 amide bonds. The average molecular weight is 646 g/mol. The molecule has 0 aromatic heterocycles. The smallest absolute Gasteiger partial charge is 0.345 e. The predicted molar refractivity (Wildman–Crippen MR) is 169 cm³/mol. The molecule has 0 unspecified atom stereocenters. The number of hydrazone groups is 1. The molecular formula is C32H26BrClN4O4. The van der Waals surface area contributed by atoms with E-state index in [2.05, 4.69) is 31.8 Å². The quantitative estimate of drug-likeness (QED) is 0.0731. The Balaban J connectivity index is 1.55. The number of esters is 1. The van der Waals surface area contributed by atoms with Gasteiger partial charge in [-0.2, -0.15) is 5.10 Å². The number of nitrogens with zero attached hydrogens (tertiary/aromatic N) is 2. The number of rotatable bonds is 9. The van der Waals surface area contributed by atoms with E-state index in [-0.39, 0.29) is 22.0 Å². The number of halogens is 2. The van der Waals surface area contributed by atoms with Crippen LogP contribution in [0.1, 0.15) is 31.8 Å². The van der Waals surface area contributed by atoms with Gasteiger partial charge in [0.15, 0.2) is 0 Å². The minimum atomic E-state index is -0.656. The number of nitrogens with one attached hydrogen (secondary N) is 2. The van der Waals surface area contributed by atoms with Gasteiger partial charge in [-0.05, 0) is 66.2 Å². The van der Waals surface area contributed by atoms with Gasteiger partial charge in [0.1, 0.15) is 11.4 Å². The Hall–Kier alpha value is -4.73. The number of carbonyl (C=O) groups is 3. The minimum Gasteiger partial charge on any atom is -0.422 e. The van der Waals surface area contributed by atoms with Gasteiger partial charge < -0.3 is 15.0 Å². The third kappa shape index (κ3) is 8.15. The number of hydrogen-bond donors (Lipinski definition) is 2. The molecule has 42 heavy (non-hydrogen) atoms. The van der Waals surface area contributed by atoms with Crippen LogP contribution in [0.25, 0.3) is 6.08 Å². The van der Waals surface area contributed by atoms with Gasteiger partial charge in [0.05, 0.1) is 16.8 Å². The molecule has 0 saturated carbocycles. The molecule has 0 bridgehead atoms. The summed E-state index contributed by atoms with van der Waals surface area (Å²) in [6, 6.07) is 27.5. The van der Waals surface area contributed by atoms with E-state index in [4.69, 9.17) is 16.3 Å². The molecule has 2 N–H and O–H groups in total. The van der Waals surface area contributed by atoms with Gasteiger partial charge in [0.25, 0.3) is 11.8 Å². The summed E-state index contributed by atoms with van der Waals surface area (Å²) in [6.07, 6.45) is 2.89. The van der Waals surface area contributed by atoms with Crippen molar-refractivity contribution in [2.45, 2.75) is 0 Å². The molecule has 0 aliphatic rings. The van der Waals surface area contributed by atoms with Crippen LogP contribution in [0.2, 0.25) is 5.02 Å². The molecule has 0 atom stereocenters. The van der Waals surface area contributed by atoms with Crippen LogP contribution < -0.4 is 20.4 Å². The normalized spacial score (nSPS) is 11.2. The van der Waals surface area contributed by atoms with E-state index in [9.17, 15) is 14.4 Å². The molecule has 0 saturated heterocycles. The molecule has 0 aliphatic heterocycles. The Morgan fingerprint density at radius 2 is 1.60 bits per heavy atom. The van der Waals surface area contributed by atoms with Crippen molar-refractivity contribution in [3.05, 3.63) is 135 Å². The Kier molecular flexibility index (Phi) is 10.3. The largest absolute Gasteiger partial charge is 0.422 e. The highest BCUT2D eigenvalue weighted by atomic mass is 79.9. The summed E-state index contributed by atoms with van der Waals surface area (Å²) in [7, 11) is 3.85. The third-order valence-electron chi connectivity index (χ3n) is 5.89. The van der Waals surface area contributed by atoms with Crippen molar-refractivity contribution in [3.63, 3.8) is 0 Å². The van der Waals surface area contributed by atoms with Crippen LogP contribution in [0.5, 0.6) is 5.75 Å². The molecule has 0 fully saturated rings. The lowest BCUT2D eigenvalue weighted by Gasteiger charge is -2.13. The van der Waals surface area contributed by atoms with Crippen molar-refractivity contribution in [2.24, 2.45) is 5.10 Å². The first-order chi connectivity index (χ1) is 20.2. The first kappa shape index (κ1) is 30.2. The summed E-state index contributed by atoms with van der Waals surface area (Å²) in [4.78, 5) is 40.7. The number of benzene rings is 4.